The fourth-order valence-corrected chi connectivity index (χ4v) is 3.19. The van der Waals surface area contributed by atoms with Crippen LogP contribution in [0.15, 0.2) is 29.2 Å². The van der Waals surface area contributed by atoms with E-state index in [1.54, 1.807) is 12.1 Å². The Balaban J connectivity index is 2.08. The number of thioether (sulfide) groups is 1. The van der Waals surface area contributed by atoms with E-state index in [1.165, 1.54) is 16.7 Å². The van der Waals surface area contributed by atoms with Gasteiger partial charge in [-0.1, -0.05) is 25.5 Å². The third-order valence-electron chi connectivity index (χ3n) is 3.32. The fraction of sp³-hybridized carbons (Fsp3) is 0.400. The van der Waals surface area contributed by atoms with E-state index in [2.05, 4.69) is 5.32 Å². The first-order chi connectivity index (χ1) is 10.5. The predicted molar refractivity (Wildman–Crippen MR) is 84.0 cm³/mol. The van der Waals surface area contributed by atoms with Gasteiger partial charge in [-0.05, 0) is 18.6 Å². The molecule has 2 rings (SSSR count). The highest BCUT2D eigenvalue weighted by atomic mass is 32.2. The van der Waals surface area contributed by atoms with E-state index in [4.69, 9.17) is 5.11 Å². The molecule has 0 fully saturated rings. The van der Waals surface area contributed by atoms with Gasteiger partial charge < -0.3 is 15.3 Å². The van der Waals surface area contributed by atoms with Crippen molar-refractivity contribution in [2.24, 2.45) is 0 Å². The number of para-hydroxylation sites is 1. The Kier molecular flexibility index (Phi) is 5.43. The molecule has 0 spiro atoms. The minimum atomic E-state index is -1.06. The summed E-state index contributed by atoms with van der Waals surface area (Å²) in [6.45, 7) is 1.69. The molecular weight excluding hydrogens is 304 g/mol. The molecule has 2 amide bonds. The van der Waals surface area contributed by atoms with Crippen molar-refractivity contribution in [2.45, 2.75) is 30.7 Å². The summed E-state index contributed by atoms with van der Waals surface area (Å²) in [5.74, 6) is -1.39. The Morgan fingerprint density at radius 1 is 1.41 bits per heavy atom. The molecule has 1 atom stereocenters. The lowest BCUT2D eigenvalue weighted by molar-refractivity contribution is -0.141. The predicted octanol–water partition coefficient (Wildman–Crippen LogP) is 1.49. The number of nitrogens with one attached hydrogen (secondary N) is 1. The van der Waals surface area contributed by atoms with Crippen LogP contribution in [0.2, 0.25) is 0 Å². The molecule has 1 aromatic carbocycles. The number of hydrogen-bond acceptors (Lipinski definition) is 4. The second-order valence-electron chi connectivity index (χ2n) is 4.98. The van der Waals surface area contributed by atoms with E-state index in [-0.39, 0.29) is 18.2 Å². The minimum Gasteiger partial charge on any atom is -0.480 e. The summed E-state index contributed by atoms with van der Waals surface area (Å²) >= 11 is 1.44. The summed E-state index contributed by atoms with van der Waals surface area (Å²) in [5, 5.41) is 11.5. The second-order valence-corrected chi connectivity index (χ2v) is 6.00. The van der Waals surface area contributed by atoms with Crippen molar-refractivity contribution in [3.05, 3.63) is 24.3 Å². The molecule has 118 valence electrons. The van der Waals surface area contributed by atoms with Crippen molar-refractivity contribution in [2.75, 3.05) is 17.2 Å². The Morgan fingerprint density at radius 3 is 2.82 bits per heavy atom. The van der Waals surface area contributed by atoms with E-state index < -0.39 is 17.9 Å². The topological polar surface area (TPSA) is 86.7 Å². The van der Waals surface area contributed by atoms with Crippen molar-refractivity contribution in [3.63, 3.8) is 0 Å². The monoisotopic (exact) mass is 322 g/mol. The van der Waals surface area contributed by atoms with Gasteiger partial charge >= 0.3 is 5.97 Å². The number of hydrogen-bond donors (Lipinski definition) is 2. The number of anilines is 1. The van der Waals surface area contributed by atoms with Crippen LogP contribution in [-0.2, 0) is 14.4 Å². The molecule has 0 aromatic heterocycles. The Bertz CT molecular complexity index is 591. The first-order valence-electron chi connectivity index (χ1n) is 7.07. The highest BCUT2D eigenvalue weighted by Crippen LogP contribution is 2.34. The van der Waals surface area contributed by atoms with Crippen molar-refractivity contribution in [1.29, 1.82) is 0 Å². The Hall–Kier alpha value is -2.02. The fourth-order valence-electron chi connectivity index (χ4n) is 2.26. The van der Waals surface area contributed by atoms with Crippen LogP contribution < -0.4 is 10.2 Å². The lowest BCUT2D eigenvalue weighted by Gasteiger charge is -2.28. The number of rotatable bonds is 6. The van der Waals surface area contributed by atoms with Gasteiger partial charge in [0.15, 0.2) is 0 Å². The molecule has 1 heterocycles. The smallest absolute Gasteiger partial charge is 0.326 e. The largest absolute Gasteiger partial charge is 0.480 e. The Labute approximate surface area is 132 Å². The van der Waals surface area contributed by atoms with Gasteiger partial charge in [0, 0.05) is 4.90 Å². The molecule has 0 saturated carbocycles. The number of carbonyl (C=O) groups excluding carboxylic acids is 2. The molecule has 0 aliphatic carbocycles. The van der Waals surface area contributed by atoms with Crippen LogP contribution in [-0.4, -0.2) is 41.2 Å². The van der Waals surface area contributed by atoms with Crippen LogP contribution in [0.5, 0.6) is 0 Å². The van der Waals surface area contributed by atoms with Gasteiger partial charge in [0.05, 0.1) is 11.4 Å². The molecule has 7 heteroatoms. The van der Waals surface area contributed by atoms with E-state index in [1.807, 2.05) is 19.1 Å². The summed E-state index contributed by atoms with van der Waals surface area (Å²) < 4.78 is 0. The molecule has 2 N–H and O–H groups in total. The summed E-state index contributed by atoms with van der Waals surface area (Å²) in [5.41, 5.74) is 0.696. The average molecular weight is 322 g/mol. The zero-order valence-corrected chi connectivity index (χ0v) is 13.1. The number of nitrogens with zero attached hydrogens (tertiary/aromatic N) is 1. The quantitative estimate of drug-likeness (QED) is 0.829. The first-order valence-corrected chi connectivity index (χ1v) is 8.05. The van der Waals surface area contributed by atoms with E-state index in [9.17, 15) is 14.4 Å². The molecule has 1 aliphatic rings. The lowest BCUT2D eigenvalue weighted by atomic mass is 10.1. The van der Waals surface area contributed by atoms with Crippen molar-refractivity contribution >= 4 is 35.2 Å². The zero-order valence-electron chi connectivity index (χ0n) is 12.2. The molecule has 6 nitrogen and oxygen atoms in total. The first kappa shape index (κ1) is 16.4. The molecule has 22 heavy (non-hydrogen) atoms. The molecular formula is C15H18N2O4S. The molecule has 0 saturated heterocycles. The van der Waals surface area contributed by atoms with Crippen molar-refractivity contribution in [3.8, 4) is 0 Å². The normalized spacial score (nSPS) is 15.1. The van der Waals surface area contributed by atoms with E-state index in [0.717, 1.165) is 4.90 Å². The number of carboxylic acid groups (broad SMARTS) is 1. The number of aliphatic carboxylic acids is 1. The third-order valence-corrected chi connectivity index (χ3v) is 4.37. The van der Waals surface area contributed by atoms with Crippen molar-refractivity contribution in [1.82, 2.24) is 5.32 Å². The van der Waals surface area contributed by atoms with Gasteiger partial charge in [-0.3, -0.25) is 9.59 Å². The number of amides is 2. The maximum atomic E-state index is 12.1. The van der Waals surface area contributed by atoms with E-state index in [0.29, 0.717) is 18.5 Å². The van der Waals surface area contributed by atoms with Crippen LogP contribution in [0.3, 0.4) is 0 Å². The summed E-state index contributed by atoms with van der Waals surface area (Å²) in [7, 11) is 0. The van der Waals surface area contributed by atoms with Crippen LogP contribution >= 0.6 is 11.8 Å². The number of benzene rings is 1. The van der Waals surface area contributed by atoms with Crippen LogP contribution in [0.4, 0.5) is 5.69 Å². The van der Waals surface area contributed by atoms with Gasteiger partial charge in [0.1, 0.15) is 12.6 Å². The maximum Gasteiger partial charge on any atom is 0.326 e. The zero-order chi connectivity index (χ0) is 16.1. The van der Waals surface area contributed by atoms with Gasteiger partial charge in [-0.25, -0.2) is 4.79 Å². The summed E-state index contributed by atoms with van der Waals surface area (Å²) in [6, 6.07) is 6.45. The van der Waals surface area contributed by atoms with Gasteiger partial charge in [0.25, 0.3) is 0 Å². The lowest BCUT2D eigenvalue weighted by Crippen LogP contribution is -2.48. The molecule has 1 unspecified atom stereocenters. The molecule has 1 aliphatic heterocycles. The summed E-state index contributed by atoms with van der Waals surface area (Å²) in [6.07, 6.45) is 1.01. The van der Waals surface area contributed by atoms with E-state index >= 15 is 0 Å². The van der Waals surface area contributed by atoms with Gasteiger partial charge in [0.2, 0.25) is 11.8 Å². The second kappa shape index (κ2) is 7.31. The van der Waals surface area contributed by atoms with Crippen LogP contribution in [0.1, 0.15) is 19.8 Å². The Morgan fingerprint density at radius 2 is 2.14 bits per heavy atom. The van der Waals surface area contributed by atoms with Gasteiger partial charge in [-0.2, -0.15) is 0 Å². The SMILES string of the molecule is CCCC(NC(=O)CN1C(=O)CSc2ccccc21)C(=O)O. The minimum absolute atomic E-state index is 0.152. The standard InChI is InChI=1S/C15H18N2O4S/c1-2-5-10(15(20)21)16-13(18)8-17-11-6-3-4-7-12(11)22-9-14(17)19/h3-4,6-7,10H,2,5,8-9H2,1H3,(H,16,18)(H,20,21). The highest BCUT2D eigenvalue weighted by molar-refractivity contribution is 8.00. The molecule has 0 bridgehead atoms. The molecule has 0 radical (unpaired) electrons. The maximum absolute atomic E-state index is 12.1. The third kappa shape index (κ3) is 3.79. The van der Waals surface area contributed by atoms with Gasteiger partial charge in [-0.15, -0.1) is 11.8 Å². The highest BCUT2D eigenvalue weighted by Gasteiger charge is 2.27. The van der Waals surface area contributed by atoms with Crippen LogP contribution in [0.25, 0.3) is 0 Å². The van der Waals surface area contributed by atoms with Crippen molar-refractivity contribution < 1.29 is 19.5 Å². The number of carboxylic acids is 1. The van der Waals surface area contributed by atoms with Crippen LogP contribution in [0, 0.1) is 0 Å². The molecule has 1 aromatic rings. The summed E-state index contributed by atoms with van der Waals surface area (Å²) in [4.78, 5) is 37.6. The average Bonchev–Trinajstić information content (AvgIpc) is 2.49. The number of fused-ring (bicyclic) bond motifs is 1. The number of carbonyl (C=O) groups is 3.